The molecule has 2 N–H and O–H groups in total. The maximum Gasteiger partial charge on any atom is 0.269 e. The molecule has 0 spiro atoms. The van der Waals surface area contributed by atoms with Crippen LogP contribution in [-0.2, 0) is 24.3 Å². The Balaban J connectivity index is 1.33. The van der Waals surface area contributed by atoms with E-state index in [1.807, 2.05) is 10.6 Å². The Labute approximate surface area is 210 Å². The highest BCUT2D eigenvalue weighted by Gasteiger charge is 2.18. The summed E-state index contributed by atoms with van der Waals surface area (Å²) in [4.78, 5) is 27.6. The van der Waals surface area contributed by atoms with E-state index in [0.717, 1.165) is 17.8 Å². The number of imidazole rings is 1. The number of hydrogen-bond acceptors (Lipinski definition) is 5. The third kappa shape index (κ3) is 6.34. The fourth-order valence-electron chi connectivity index (χ4n) is 4.24. The van der Waals surface area contributed by atoms with Gasteiger partial charge in [-0.3, -0.25) is 14.9 Å². The molecular formula is C28H31N5O3. The number of nitro groups is 1. The van der Waals surface area contributed by atoms with Gasteiger partial charge in [0.2, 0.25) is 5.91 Å². The van der Waals surface area contributed by atoms with Crippen LogP contribution in [0.3, 0.4) is 0 Å². The maximum absolute atomic E-state index is 12.9. The number of aromatic nitrogens is 2. The molecule has 1 unspecified atom stereocenters. The molecule has 0 fully saturated rings. The summed E-state index contributed by atoms with van der Waals surface area (Å²) < 4.78 is 1.89. The third-order valence-electron chi connectivity index (χ3n) is 6.35. The van der Waals surface area contributed by atoms with Gasteiger partial charge in [-0.1, -0.05) is 68.4 Å². The van der Waals surface area contributed by atoms with Gasteiger partial charge in [-0.25, -0.2) is 4.98 Å². The summed E-state index contributed by atoms with van der Waals surface area (Å²) in [6, 6.07) is 21.0. The van der Waals surface area contributed by atoms with E-state index in [9.17, 15) is 14.9 Å². The second-order valence-corrected chi connectivity index (χ2v) is 9.30. The number of nitrogens with zero attached hydrogens (tertiary/aromatic N) is 3. The lowest BCUT2D eigenvalue weighted by Gasteiger charge is -2.23. The highest BCUT2D eigenvalue weighted by atomic mass is 16.6. The number of benzene rings is 3. The largest absolute Gasteiger partial charge is 0.351 e. The summed E-state index contributed by atoms with van der Waals surface area (Å²) in [5, 5.41) is 20.0. The van der Waals surface area contributed by atoms with Gasteiger partial charge < -0.3 is 15.2 Å². The number of nitrogens with one attached hydrogen (secondary N) is 2. The van der Waals surface area contributed by atoms with Crippen molar-refractivity contribution in [2.24, 2.45) is 5.92 Å². The molecule has 0 radical (unpaired) electrons. The minimum Gasteiger partial charge on any atom is -0.351 e. The van der Waals surface area contributed by atoms with Gasteiger partial charge in [0.05, 0.1) is 17.7 Å². The van der Waals surface area contributed by atoms with Crippen LogP contribution < -0.4 is 10.6 Å². The first-order chi connectivity index (χ1) is 17.4. The molecule has 0 saturated carbocycles. The predicted molar refractivity (Wildman–Crippen MR) is 141 cm³/mol. The number of hydrogen-bond donors (Lipinski definition) is 2. The van der Waals surface area contributed by atoms with Gasteiger partial charge in [-0.2, -0.15) is 0 Å². The van der Waals surface area contributed by atoms with E-state index in [-0.39, 0.29) is 30.0 Å². The van der Waals surface area contributed by atoms with Crippen molar-refractivity contribution in [3.05, 3.63) is 106 Å². The van der Waals surface area contributed by atoms with Crippen molar-refractivity contribution in [3.63, 3.8) is 0 Å². The van der Waals surface area contributed by atoms with E-state index in [2.05, 4.69) is 65.9 Å². The molecule has 3 aromatic carbocycles. The van der Waals surface area contributed by atoms with Crippen LogP contribution in [0, 0.1) is 16.0 Å². The maximum atomic E-state index is 12.9. The Morgan fingerprint density at radius 2 is 1.81 bits per heavy atom. The molecule has 0 aliphatic heterocycles. The molecule has 186 valence electrons. The Kier molecular flexibility index (Phi) is 8.07. The van der Waals surface area contributed by atoms with E-state index in [1.54, 1.807) is 24.7 Å². The molecule has 1 aromatic heterocycles. The first-order valence-electron chi connectivity index (χ1n) is 12.1. The van der Waals surface area contributed by atoms with Crippen molar-refractivity contribution < 1.29 is 9.72 Å². The number of carbonyl (C=O) groups excluding carboxylic acids is 1. The van der Waals surface area contributed by atoms with Gasteiger partial charge in [0.1, 0.15) is 0 Å². The summed E-state index contributed by atoms with van der Waals surface area (Å²) in [5.41, 5.74) is 2.98. The summed E-state index contributed by atoms with van der Waals surface area (Å²) >= 11 is 0. The summed E-state index contributed by atoms with van der Waals surface area (Å²) in [5.74, 6) is 0.199. The van der Waals surface area contributed by atoms with Gasteiger partial charge in [-0.05, 0) is 27.8 Å². The summed E-state index contributed by atoms with van der Waals surface area (Å²) in [6.07, 6.45) is 3.57. The van der Waals surface area contributed by atoms with E-state index < -0.39 is 4.92 Å². The summed E-state index contributed by atoms with van der Waals surface area (Å²) in [7, 11) is 0. The minimum atomic E-state index is -0.418. The minimum absolute atomic E-state index is 0.0153. The number of non-ortho nitro benzene ring substituents is 1. The van der Waals surface area contributed by atoms with E-state index in [1.165, 1.54) is 28.5 Å². The molecule has 0 aliphatic rings. The number of rotatable bonds is 11. The van der Waals surface area contributed by atoms with Crippen molar-refractivity contribution in [2.75, 3.05) is 6.54 Å². The Hall–Kier alpha value is -4.04. The molecule has 4 aromatic rings. The average Bonchev–Trinajstić information content (AvgIpc) is 3.29. The highest BCUT2D eigenvalue weighted by Crippen LogP contribution is 2.18. The topological polar surface area (TPSA) is 102 Å². The van der Waals surface area contributed by atoms with Gasteiger partial charge in [0.15, 0.2) is 0 Å². The lowest BCUT2D eigenvalue weighted by atomic mass is 10.0. The van der Waals surface area contributed by atoms with Crippen LogP contribution >= 0.6 is 0 Å². The molecule has 1 atom stereocenters. The smallest absolute Gasteiger partial charge is 0.269 e. The second kappa shape index (κ2) is 11.6. The van der Waals surface area contributed by atoms with Crippen LogP contribution in [0.1, 0.15) is 30.7 Å². The lowest BCUT2D eigenvalue weighted by molar-refractivity contribution is -0.384. The Morgan fingerprint density at radius 1 is 1.06 bits per heavy atom. The van der Waals surface area contributed by atoms with Crippen LogP contribution in [0.5, 0.6) is 0 Å². The molecule has 1 heterocycles. The van der Waals surface area contributed by atoms with Crippen molar-refractivity contribution in [1.29, 1.82) is 0 Å². The molecule has 8 nitrogen and oxygen atoms in total. The van der Waals surface area contributed by atoms with Crippen molar-refractivity contribution in [3.8, 4) is 0 Å². The molecule has 0 bridgehead atoms. The van der Waals surface area contributed by atoms with Crippen molar-refractivity contribution in [1.82, 2.24) is 20.2 Å². The van der Waals surface area contributed by atoms with Crippen LogP contribution in [0.2, 0.25) is 0 Å². The normalized spacial score (nSPS) is 12.1. The molecule has 1 amide bonds. The Bertz CT molecular complexity index is 1330. The molecule has 4 rings (SSSR count). The van der Waals surface area contributed by atoms with E-state index in [0.29, 0.717) is 13.1 Å². The second-order valence-electron chi connectivity index (χ2n) is 9.30. The highest BCUT2D eigenvalue weighted by molar-refractivity contribution is 5.85. The van der Waals surface area contributed by atoms with Crippen LogP contribution in [-0.4, -0.2) is 33.0 Å². The fraction of sp³-hybridized carbons (Fsp3) is 0.286. The monoisotopic (exact) mass is 485 g/mol. The first kappa shape index (κ1) is 25.1. The zero-order valence-electron chi connectivity index (χ0n) is 20.6. The fourth-order valence-corrected chi connectivity index (χ4v) is 4.24. The first-order valence-corrected chi connectivity index (χ1v) is 12.1. The summed E-state index contributed by atoms with van der Waals surface area (Å²) in [6.45, 7) is 6.07. The number of fused-ring (bicyclic) bond motifs is 1. The molecule has 36 heavy (non-hydrogen) atoms. The van der Waals surface area contributed by atoms with Gasteiger partial charge in [-0.15, -0.1) is 0 Å². The van der Waals surface area contributed by atoms with Crippen molar-refractivity contribution >= 4 is 22.4 Å². The number of carbonyl (C=O) groups is 1. The van der Waals surface area contributed by atoms with Crippen LogP contribution in [0.4, 0.5) is 5.69 Å². The van der Waals surface area contributed by atoms with Gasteiger partial charge >= 0.3 is 0 Å². The third-order valence-corrected chi connectivity index (χ3v) is 6.35. The van der Waals surface area contributed by atoms with Crippen LogP contribution in [0.15, 0.2) is 79.3 Å². The van der Waals surface area contributed by atoms with E-state index in [4.69, 9.17) is 0 Å². The Morgan fingerprint density at radius 3 is 2.56 bits per heavy atom. The zero-order valence-corrected chi connectivity index (χ0v) is 20.6. The zero-order chi connectivity index (χ0) is 25.5. The molecule has 8 heteroatoms. The SMILES string of the molecule is CC(C)C(CNCc1cccc2ccccc12)NC(=O)Cc1cncn1Cc1ccc([N+](=O)[O-])cc1. The van der Waals surface area contributed by atoms with Crippen molar-refractivity contribution in [2.45, 2.75) is 39.4 Å². The standard InChI is InChI=1S/C28H31N5O3/c1-20(2)27(17-29-15-23-8-5-7-22-6-3-4-9-26(22)23)31-28(34)14-25-16-30-19-32(25)18-21-10-12-24(13-11-21)33(35)36/h3-13,16,19-20,27,29H,14-15,17-18H2,1-2H3,(H,31,34). The van der Waals surface area contributed by atoms with E-state index >= 15 is 0 Å². The molecule has 0 aliphatic carbocycles. The molecular weight excluding hydrogens is 454 g/mol. The quantitative estimate of drug-likeness (QED) is 0.241. The molecule has 0 saturated heterocycles. The lowest BCUT2D eigenvalue weighted by Crippen LogP contribution is -2.45. The van der Waals surface area contributed by atoms with Gasteiger partial charge in [0.25, 0.3) is 5.69 Å². The predicted octanol–water partition coefficient (Wildman–Crippen LogP) is 4.47. The average molecular weight is 486 g/mol. The van der Waals surface area contributed by atoms with Gasteiger partial charge in [0, 0.05) is 49.7 Å². The number of amides is 1. The number of nitro benzene ring substituents is 1. The van der Waals surface area contributed by atoms with Crippen LogP contribution in [0.25, 0.3) is 10.8 Å².